The van der Waals surface area contributed by atoms with E-state index in [0.29, 0.717) is 11.4 Å². The summed E-state index contributed by atoms with van der Waals surface area (Å²) in [4.78, 5) is 36.2. The SMILES string of the molecule is C#C.C=C(NC(=O)COc1ccc(Cl)c(F)c1)NC(=O)c1cnc(-c2cnc(C)nc2)o1. The number of terminal acetylenes is 1. The third-order valence-corrected chi connectivity index (χ3v) is 3.88. The first-order chi connectivity index (χ1) is 15.3. The Balaban J connectivity index is 0.00000176. The molecule has 1 aromatic carbocycles. The van der Waals surface area contributed by atoms with E-state index in [1.54, 1.807) is 6.92 Å². The lowest BCUT2D eigenvalue weighted by Crippen LogP contribution is -2.36. The van der Waals surface area contributed by atoms with Crippen LogP contribution in [0.2, 0.25) is 5.02 Å². The van der Waals surface area contributed by atoms with Crippen LogP contribution >= 0.6 is 11.6 Å². The molecule has 0 spiro atoms. The summed E-state index contributed by atoms with van der Waals surface area (Å²) < 4.78 is 23.9. The zero-order valence-corrected chi connectivity index (χ0v) is 17.5. The topological polar surface area (TPSA) is 119 Å². The first kappa shape index (κ1) is 24.0. The highest BCUT2D eigenvalue weighted by Crippen LogP contribution is 2.20. The van der Waals surface area contributed by atoms with Crippen molar-refractivity contribution in [1.82, 2.24) is 25.6 Å². The summed E-state index contributed by atoms with van der Waals surface area (Å²) in [5.41, 5.74) is 0.502. The molecule has 0 aliphatic rings. The minimum absolute atomic E-state index is 0.0617. The van der Waals surface area contributed by atoms with E-state index < -0.39 is 24.2 Å². The van der Waals surface area contributed by atoms with E-state index in [-0.39, 0.29) is 28.2 Å². The Labute approximate surface area is 187 Å². The number of nitrogens with one attached hydrogen (secondary N) is 2. The van der Waals surface area contributed by atoms with Crippen LogP contribution in [0, 0.1) is 25.6 Å². The monoisotopic (exact) mass is 457 g/mol. The van der Waals surface area contributed by atoms with Gasteiger partial charge in [0, 0.05) is 18.5 Å². The quantitative estimate of drug-likeness (QED) is 0.523. The van der Waals surface area contributed by atoms with Crippen LogP contribution in [0.3, 0.4) is 0 Å². The van der Waals surface area contributed by atoms with E-state index in [1.807, 2.05) is 0 Å². The zero-order valence-electron chi connectivity index (χ0n) is 16.8. The molecular formula is C21H17ClFN5O4. The number of benzene rings is 1. The first-order valence-corrected chi connectivity index (χ1v) is 9.16. The number of halogens is 2. The number of carbonyl (C=O) groups excluding carboxylic acids is 2. The van der Waals surface area contributed by atoms with Crippen molar-refractivity contribution < 1.29 is 23.1 Å². The van der Waals surface area contributed by atoms with Crippen LogP contribution in [0.25, 0.3) is 11.5 Å². The van der Waals surface area contributed by atoms with Crippen LogP contribution in [0.4, 0.5) is 4.39 Å². The fourth-order valence-corrected chi connectivity index (χ4v) is 2.28. The molecule has 32 heavy (non-hydrogen) atoms. The van der Waals surface area contributed by atoms with Gasteiger partial charge in [-0.1, -0.05) is 18.2 Å². The number of nitrogens with zero attached hydrogens (tertiary/aromatic N) is 3. The summed E-state index contributed by atoms with van der Waals surface area (Å²) in [5, 5.41) is 4.62. The van der Waals surface area contributed by atoms with Gasteiger partial charge >= 0.3 is 0 Å². The molecule has 0 fully saturated rings. The largest absolute Gasteiger partial charge is 0.484 e. The molecule has 0 aliphatic carbocycles. The van der Waals surface area contributed by atoms with Crippen molar-refractivity contribution in [3.63, 3.8) is 0 Å². The van der Waals surface area contributed by atoms with Crippen molar-refractivity contribution >= 4 is 23.4 Å². The highest BCUT2D eigenvalue weighted by molar-refractivity contribution is 6.30. The van der Waals surface area contributed by atoms with Gasteiger partial charge in [0.15, 0.2) is 6.61 Å². The third kappa shape index (κ3) is 6.65. The van der Waals surface area contributed by atoms with Gasteiger partial charge in [0.1, 0.15) is 23.2 Å². The van der Waals surface area contributed by atoms with Crippen LogP contribution in [-0.4, -0.2) is 33.4 Å². The van der Waals surface area contributed by atoms with Gasteiger partial charge in [-0.2, -0.15) is 0 Å². The zero-order chi connectivity index (χ0) is 23.7. The standard InChI is InChI=1S/C19H15ClFN5O4.C2H2/c1-10-22-6-12(7-23-10)19-24-8-16(30-19)18(28)26-11(2)25-17(27)9-29-13-3-4-14(20)15(21)5-13;1-2/h3-8H,2,9H2,1H3,(H,25,27)(H,26,28);1-2H. The number of oxazole rings is 1. The van der Waals surface area contributed by atoms with Gasteiger partial charge < -0.3 is 19.8 Å². The fourth-order valence-electron chi connectivity index (χ4n) is 2.17. The maximum atomic E-state index is 13.4. The lowest BCUT2D eigenvalue weighted by Gasteiger charge is -2.10. The van der Waals surface area contributed by atoms with E-state index >= 15 is 0 Å². The number of aryl methyl sites for hydroxylation is 1. The molecule has 2 amide bonds. The Morgan fingerprint density at radius 2 is 1.88 bits per heavy atom. The van der Waals surface area contributed by atoms with Gasteiger partial charge in [-0.25, -0.2) is 19.3 Å². The van der Waals surface area contributed by atoms with Crippen molar-refractivity contribution in [3.8, 4) is 30.1 Å². The second-order valence-electron chi connectivity index (χ2n) is 5.89. The summed E-state index contributed by atoms with van der Waals surface area (Å²) in [6.45, 7) is 4.83. The van der Waals surface area contributed by atoms with E-state index in [1.165, 1.54) is 30.7 Å². The van der Waals surface area contributed by atoms with E-state index in [4.69, 9.17) is 20.8 Å². The molecule has 0 bridgehead atoms. The summed E-state index contributed by atoms with van der Waals surface area (Å²) in [6, 6.07) is 3.76. The Morgan fingerprint density at radius 1 is 1.19 bits per heavy atom. The minimum atomic E-state index is -0.673. The number of rotatable bonds is 7. The maximum absolute atomic E-state index is 13.4. The highest BCUT2D eigenvalue weighted by Gasteiger charge is 2.16. The van der Waals surface area contributed by atoms with Crippen molar-refractivity contribution in [1.29, 1.82) is 0 Å². The molecule has 11 heteroatoms. The molecule has 164 valence electrons. The molecule has 0 saturated heterocycles. The third-order valence-electron chi connectivity index (χ3n) is 3.57. The summed E-state index contributed by atoms with van der Waals surface area (Å²) in [7, 11) is 0. The Bertz CT molecular complexity index is 1140. The summed E-state index contributed by atoms with van der Waals surface area (Å²) in [5.74, 6) is -1.30. The molecule has 0 atom stereocenters. The van der Waals surface area contributed by atoms with Gasteiger partial charge in [-0.3, -0.25) is 9.59 Å². The van der Waals surface area contributed by atoms with Gasteiger partial charge in [-0.05, 0) is 19.1 Å². The van der Waals surface area contributed by atoms with Crippen LogP contribution in [-0.2, 0) is 4.79 Å². The molecule has 2 N–H and O–H groups in total. The van der Waals surface area contributed by atoms with Gasteiger partial charge in [0.25, 0.3) is 11.8 Å². The average molecular weight is 458 g/mol. The van der Waals surface area contributed by atoms with Gasteiger partial charge in [0.05, 0.1) is 16.8 Å². The van der Waals surface area contributed by atoms with Crippen molar-refractivity contribution in [2.24, 2.45) is 0 Å². The summed E-state index contributed by atoms with van der Waals surface area (Å²) >= 11 is 5.57. The Kier molecular flexibility index (Phi) is 8.45. The van der Waals surface area contributed by atoms with Crippen molar-refractivity contribution in [2.45, 2.75) is 6.92 Å². The van der Waals surface area contributed by atoms with E-state index in [2.05, 4.69) is 45.0 Å². The number of amides is 2. The predicted octanol–water partition coefficient (Wildman–Crippen LogP) is 2.88. The van der Waals surface area contributed by atoms with Crippen molar-refractivity contribution in [3.05, 3.63) is 71.6 Å². The van der Waals surface area contributed by atoms with Gasteiger partial charge in [0.2, 0.25) is 11.7 Å². The lowest BCUT2D eigenvalue weighted by molar-refractivity contribution is -0.122. The normalized spacial score (nSPS) is 9.78. The van der Waals surface area contributed by atoms with Gasteiger partial charge in [-0.15, -0.1) is 12.8 Å². The molecular weight excluding hydrogens is 441 g/mol. The van der Waals surface area contributed by atoms with Crippen LogP contribution < -0.4 is 15.4 Å². The second kappa shape index (κ2) is 11.2. The summed E-state index contributed by atoms with van der Waals surface area (Å²) in [6.07, 6.45) is 12.3. The number of carbonyl (C=O) groups is 2. The molecule has 0 radical (unpaired) electrons. The number of aromatic nitrogens is 3. The first-order valence-electron chi connectivity index (χ1n) is 8.78. The molecule has 0 unspecified atom stereocenters. The maximum Gasteiger partial charge on any atom is 0.294 e. The second-order valence-corrected chi connectivity index (χ2v) is 6.30. The molecule has 2 aromatic heterocycles. The predicted molar refractivity (Wildman–Crippen MR) is 114 cm³/mol. The fraction of sp³-hybridized carbons (Fsp3) is 0.0952. The molecule has 0 saturated carbocycles. The van der Waals surface area contributed by atoms with E-state index in [0.717, 1.165) is 6.07 Å². The molecule has 2 heterocycles. The smallest absolute Gasteiger partial charge is 0.294 e. The number of hydrogen-bond donors (Lipinski definition) is 2. The highest BCUT2D eigenvalue weighted by atomic mass is 35.5. The average Bonchev–Trinajstić information content (AvgIpc) is 3.27. The number of hydrogen-bond acceptors (Lipinski definition) is 7. The van der Waals surface area contributed by atoms with Crippen LogP contribution in [0.5, 0.6) is 5.75 Å². The molecule has 9 nitrogen and oxygen atoms in total. The van der Waals surface area contributed by atoms with E-state index in [9.17, 15) is 14.0 Å². The Morgan fingerprint density at radius 3 is 2.53 bits per heavy atom. The van der Waals surface area contributed by atoms with Crippen LogP contribution in [0.15, 0.2) is 53.6 Å². The molecule has 3 aromatic rings. The van der Waals surface area contributed by atoms with Crippen LogP contribution in [0.1, 0.15) is 16.4 Å². The molecule has 3 rings (SSSR count). The number of ether oxygens (including phenoxy) is 1. The minimum Gasteiger partial charge on any atom is -0.484 e. The Hall–Kier alpha value is -4.23. The molecule has 0 aliphatic heterocycles. The lowest BCUT2D eigenvalue weighted by atomic mass is 10.3. The van der Waals surface area contributed by atoms with Crippen molar-refractivity contribution in [2.75, 3.05) is 6.61 Å².